The molecule has 12 rings (SSSR count). The van der Waals surface area contributed by atoms with Crippen LogP contribution in [0, 0.1) is 0 Å². The Hall–Kier alpha value is -7.05. The van der Waals surface area contributed by atoms with Gasteiger partial charge >= 0.3 is 0 Å². The van der Waals surface area contributed by atoms with Crippen molar-refractivity contribution >= 4 is 60.7 Å². The largest absolute Gasteiger partial charge is 0.453 e. The summed E-state index contributed by atoms with van der Waals surface area (Å²) in [6.45, 7) is 0. The first-order valence-electron chi connectivity index (χ1n) is 17.2. The minimum absolute atomic E-state index is 0.866. The number of rotatable bonds is 3. The first-order chi connectivity index (χ1) is 25.3. The highest BCUT2D eigenvalue weighted by Gasteiger charge is 2.27. The smallest absolute Gasteiger partial charge is 0.221 e. The van der Waals surface area contributed by atoms with Crippen molar-refractivity contribution in [1.82, 2.24) is 23.1 Å². The van der Waals surface area contributed by atoms with Gasteiger partial charge in [0.05, 0.1) is 33.3 Å². The number of hydrogen-bond acceptors (Lipinski definition) is 2. The van der Waals surface area contributed by atoms with Gasteiger partial charge in [0.2, 0.25) is 5.78 Å². The lowest BCUT2D eigenvalue weighted by Crippen LogP contribution is -2.03. The van der Waals surface area contributed by atoms with Gasteiger partial charge in [-0.3, -0.25) is 13.5 Å². The lowest BCUT2D eigenvalue weighted by molar-refractivity contribution is 0.476. The fourth-order valence-corrected chi connectivity index (χ4v) is 8.47. The van der Waals surface area contributed by atoms with Gasteiger partial charge in [-0.25, -0.2) is 4.98 Å². The molecule has 7 aromatic carbocycles. The summed E-state index contributed by atoms with van der Waals surface area (Å²) in [5.74, 6) is 2.61. The second-order valence-electron chi connectivity index (χ2n) is 13.2. The monoisotopic (exact) mass is 653 g/mol. The van der Waals surface area contributed by atoms with E-state index in [1.165, 1.54) is 16.3 Å². The van der Waals surface area contributed by atoms with Crippen LogP contribution in [-0.2, 0) is 0 Å². The highest BCUT2D eigenvalue weighted by Crippen LogP contribution is 2.49. The first kappa shape index (κ1) is 26.9. The van der Waals surface area contributed by atoms with Crippen LogP contribution in [0.25, 0.3) is 88.9 Å². The van der Waals surface area contributed by atoms with Gasteiger partial charge < -0.3 is 9.30 Å². The molecule has 0 aliphatic carbocycles. The summed E-state index contributed by atoms with van der Waals surface area (Å²) in [6, 6.07) is 57.9. The Morgan fingerprint density at radius 1 is 0.471 bits per heavy atom. The Morgan fingerprint density at radius 2 is 1.14 bits per heavy atom. The molecule has 1 aliphatic heterocycles. The van der Waals surface area contributed by atoms with Crippen molar-refractivity contribution in [3.05, 3.63) is 164 Å². The van der Waals surface area contributed by atoms with Crippen molar-refractivity contribution in [3.63, 3.8) is 0 Å². The van der Waals surface area contributed by atoms with E-state index in [2.05, 4.69) is 170 Å². The van der Waals surface area contributed by atoms with Crippen LogP contribution in [0.5, 0.6) is 11.5 Å². The maximum Gasteiger partial charge on any atom is 0.221 e. The first-order valence-corrected chi connectivity index (χ1v) is 17.2. The molecule has 0 radical (unpaired) electrons. The SMILES string of the molecule is c1ccc(-n2c3cc(-c4ccc5c6c4c4ccccc4n6-c4ccccc4O5)ccc3n3c2nc2c4ccccc4n(-c4ccccc4)c23)cc1. The summed E-state index contributed by atoms with van der Waals surface area (Å²) in [7, 11) is 0. The molecular weight excluding hydrogens is 627 g/mol. The van der Waals surface area contributed by atoms with Crippen LogP contribution in [0.1, 0.15) is 0 Å². The molecule has 0 N–H and O–H groups in total. The van der Waals surface area contributed by atoms with Crippen molar-refractivity contribution in [1.29, 1.82) is 0 Å². The molecule has 4 aromatic heterocycles. The molecule has 0 atom stereocenters. The van der Waals surface area contributed by atoms with Crippen LogP contribution in [0.3, 0.4) is 0 Å². The Kier molecular flexibility index (Phi) is 5.14. The number of hydrogen-bond donors (Lipinski definition) is 0. The normalized spacial score (nSPS) is 12.5. The van der Waals surface area contributed by atoms with Gasteiger partial charge in [-0.15, -0.1) is 0 Å². The van der Waals surface area contributed by atoms with Gasteiger partial charge in [0, 0.05) is 27.5 Å². The maximum atomic E-state index is 6.52. The number of ether oxygens (including phenoxy) is 1. The quantitative estimate of drug-likeness (QED) is 0.190. The summed E-state index contributed by atoms with van der Waals surface area (Å²) in [6.07, 6.45) is 0. The third-order valence-corrected chi connectivity index (χ3v) is 10.5. The Bertz CT molecular complexity index is 3220. The van der Waals surface area contributed by atoms with Gasteiger partial charge in [0.15, 0.2) is 17.1 Å². The Balaban J connectivity index is 1.20. The molecule has 11 aromatic rings. The van der Waals surface area contributed by atoms with E-state index >= 15 is 0 Å². The Labute approximate surface area is 291 Å². The fraction of sp³-hybridized carbons (Fsp3) is 0. The predicted molar refractivity (Wildman–Crippen MR) is 206 cm³/mol. The number of fused-ring (bicyclic) bond motifs is 12. The zero-order valence-electron chi connectivity index (χ0n) is 27.2. The second kappa shape index (κ2) is 9.77. The molecule has 0 bridgehead atoms. The number of imidazole rings is 2. The predicted octanol–water partition coefficient (Wildman–Crippen LogP) is 11.2. The van der Waals surface area contributed by atoms with Crippen LogP contribution in [0.4, 0.5) is 0 Å². The maximum absolute atomic E-state index is 6.52. The average Bonchev–Trinajstić information content (AvgIpc) is 3.92. The highest BCUT2D eigenvalue weighted by molar-refractivity contribution is 6.18. The van der Waals surface area contributed by atoms with E-state index in [1.54, 1.807) is 0 Å². The molecule has 238 valence electrons. The van der Waals surface area contributed by atoms with Gasteiger partial charge in [0.1, 0.15) is 5.52 Å². The number of nitrogens with zero attached hydrogens (tertiary/aromatic N) is 5. The molecule has 0 spiro atoms. The topological polar surface area (TPSA) is 41.3 Å². The molecule has 1 aliphatic rings. The van der Waals surface area contributed by atoms with E-state index in [-0.39, 0.29) is 0 Å². The third kappa shape index (κ3) is 3.48. The third-order valence-electron chi connectivity index (χ3n) is 10.5. The van der Waals surface area contributed by atoms with Crippen LogP contribution < -0.4 is 4.74 Å². The molecule has 0 saturated heterocycles. The minimum atomic E-state index is 0.866. The van der Waals surface area contributed by atoms with Crippen LogP contribution in [0.15, 0.2) is 164 Å². The summed E-state index contributed by atoms with van der Waals surface area (Å²) in [4.78, 5) is 5.44. The summed E-state index contributed by atoms with van der Waals surface area (Å²) in [5, 5.41) is 3.52. The molecule has 0 amide bonds. The summed E-state index contributed by atoms with van der Waals surface area (Å²) >= 11 is 0. The molecule has 51 heavy (non-hydrogen) atoms. The van der Waals surface area contributed by atoms with E-state index in [4.69, 9.17) is 9.72 Å². The lowest BCUT2D eigenvalue weighted by atomic mass is 9.98. The molecule has 0 saturated carbocycles. The van der Waals surface area contributed by atoms with Crippen molar-refractivity contribution < 1.29 is 4.74 Å². The number of benzene rings is 7. The van der Waals surface area contributed by atoms with E-state index in [1.807, 2.05) is 12.1 Å². The highest BCUT2D eigenvalue weighted by atomic mass is 16.5. The van der Waals surface area contributed by atoms with Crippen LogP contribution in [0.2, 0.25) is 0 Å². The number of aromatic nitrogens is 5. The zero-order valence-corrected chi connectivity index (χ0v) is 27.2. The minimum Gasteiger partial charge on any atom is -0.453 e. The molecule has 5 heterocycles. The molecular formula is C45H27N5O. The fourth-order valence-electron chi connectivity index (χ4n) is 8.47. The van der Waals surface area contributed by atoms with Crippen molar-refractivity contribution in [2.24, 2.45) is 0 Å². The summed E-state index contributed by atoms with van der Waals surface area (Å²) < 4.78 is 15.9. The van der Waals surface area contributed by atoms with E-state index in [0.29, 0.717) is 0 Å². The Morgan fingerprint density at radius 3 is 1.94 bits per heavy atom. The van der Waals surface area contributed by atoms with E-state index in [0.717, 1.165) is 84.1 Å². The molecule has 6 nitrogen and oxygen atoms in total. The lowest BCUT2D eigenvalue weighted by Gasteiger charge is -2.21. The van der Waals surface area contributed by atoms with Gasteiger partial charge in [-0.05, 0) is 83.9 Å². The van der Waals surface area contributed by atoms with Gasteiger partial charge in [-0.2, -0.15) is 0 Å². The number of para-hydroxylation sites is 6. The van der Waals surface area contributed by atoms with Crippen molar-refractivity contribution in [2.45, 2.75) is 0 Å². The van der Waals surface area contributed by atoms with Crippen LogP contribution in [-0.4, -0.2) is 23.1 Å². The van der Waals surface area contributed by atoms with Gasteiger partial charge in [-0.1, -0.05) is 91.0 Å². The van der Waals surface area contributed by atoms with Gasteiger partial charge in [0.25, 0.3) is 0 Å². The molecule has 6 heteroatoms. The van der Waals surface area contributed by atoms with E-state index in [9.17, 15) is 0 Å². The second-order valence-corrected chi connectivity index (χ2v) is 13.2. The van der Waals surface area contributed by atoms with Crippen molar-refractivity contribution in [2.75, 3.05) is 0 Å². The van der Waals surface area contributed by atoms with E-state index < -0.39 is 0 Å². The van der Waals surface area contributed by atoms with Crippen LogP contribution >= 0.6 is 0 Å². The van der Waals surface area contributed by atoms with Crippen molar-refractivity contribution in [3.8, 4) is 39.7 Å². The zero-order chi connectivity index (χ0) is 33.2. The standard InChI is InChI=1S/C45H27N5O/c1-3-13-29(14-4-1)47-35-20-10-8-18-33(35)42-44(47)50-36-25-23-28(27-38(36)48(45(50)46-42)30-15-5-2-6-16-30)31-24-26-40-43-41(31)32-17-7-9-19-34(32)49(43)37-21-11-12-22-39(37)51-40/h1-27H. The summed E-state index contributed by atoms with van der Waals surface area (Å²) in [5.41, 5.74) is 13.1. The molecule has 0 unspecified atom stereocenters. The molecule has 0 fully saturated rings. The average molecular weight is 654 g/mol.